The number of aliphatic hydroxyl groups is 1. The third kappa shape index (κ3) is 6.58. The standard InChI is InChI=1S/C26H38N6O4S/c1-4-22-25(28-18-5-8-20(33)9-6-18)31-26(23(30-22)24(27)34)29-19-7-10-21(16(2)15-19)17-11-13-32(14-12-17)37(3,35)36/h7,10,15,17-18,20,33H,4-6,8-9,11-14H2,1-3H3,(H2,27,34)(H2,28,29,31)/t18-,20-. The van der Waals surface area contributed by atoms with Gasteiger partial charge in [-0.2, -0.15) is 0 Å². The highest BCUT2D eigenvalue weighted by molar-refractivity contribution is 7.88. The Labute approximate surface area is 219 Å². The molecule has 2 aliphatic rings. The fourth-order valence-electron chi connectivity index (χ4n) is 5.35. The second-order valence-electron chi connectivity index (χ2n) is 10.2. The van der Waals surface area contributed by atoms with Crippen molar-refractivity contribution in [2.75, 3.05) is 30.0 Å². The number of anilines is 3. The van der Waals surface area contributed by atoms with Crippen LogP contribution in [0.15, 0.2) is 18.2 Å². The van der Waals surface area contributed by atoms with Crippen molar-refractivity contribution in [2.24, 2.45) is 5.73 Å². The average molecular weight is 531 g/mol. The summed E-state index contributed by atoms with van der Waals surface area (Å²) in [4.78, 5) is 21.5. The van der Waals surface area contributed by atoms with E-state index in [9.17, 15) is 18.3 Å². The van der Waals surface area contributed by atoms with Crippen LogP contribution in [-0.4, -0.2) is 65.2 Å². The van der Waals surface area contributed by atoms with Crippen LogP contribution in [0.3, 0.4) is 0 Å². The highest BCUT2D eigenvalue weighted by Crippen LogP contribution is 2.33. The van der Waals surface area contributed by atoms with Gasteiger partial charge in [-0.1, -0.05) is 13.0 Å². The molecule has 0 radical (unpaired) electrons. The van der Waals surface area contributed by atoms with Crippen molar-refractivity contribution >= 4 is 33.3 Å². The van der Waals surface area contributed by atoms with Gasteiger partial charge in [0, 0.05) is 24.8 Å². The van der Waals surface area contributed by atoms with Gasteiger partial charge in [-0.05, 0) is 81.0 Å². The van der Waals surface area contributed by atoms with Gasteiger partial charge in [-0.15, -0.1) is 0 Å². The summed E-state index contributed by atoms with van der Waals surface area (Å²) < 4.78 is 25.2. The second kappa shape index (κ2) is 11.3. The quantitative estimate of drug-likeness (QED) is 0.407. The number of aryl methyl sites for hydroxylation is 2. The van der Waals surface area contributed by atoms with E-state index in [0.717, 1.165) is 49.8 Å². The van der Waals surface area contributed by atoms with Crippen LogP contribution in [0.1, 0.15) is 78.7 Å². The van der Waals surface area contributed by atoms with Gasteiger partial charge < -0.3 is 21.5 Å². The van der Waals surface area contributed by atoms with E-state index in [0.29, 0.717) is 42.8 Å². The van der Waals surface area contributed by atoms with Crippen molar-refractivity contribution in [1.82, 2.24) is 14.3 Å². The molecule has 0 unspecified atom stereocenters. The Morgan fingerprint density at radius 3 is 2.35 bits per heavy atom. The van der Waals surface area contributed by atoms with Crippen LogP contribution in [-0.2, 0) is 16.4 Å². The molecule has 1 aromatic carbocycles. The van der Waals surface area contributed by atoms with Gasteiger partial charge in [0.15, 0.2) is 11.5 Å². The first-order valence-corrected chi connectivity index (χ1v) is 14.9. The van der Waals surface area contributed by atoms with E-state index in [1.165, 1.54) is 11.8 Å². The lowest BCUT2D eigenvalue weighted by atomic mass is 9.87. The van der Waals surface area contributed by atoms with Gasteiger partial charge in [-0.25, -0.2) is 22.7 Å². The number of amides is 1. The molecule has 1 amide bonds. The lowest BCUT2D eigenvalue weighted by Gasteiger charge is -2.31. The topological polar surface area (TPSA) is 151 Å². The summed E-state index contributed by atoms with van der Waals surface area (Å²) in [5, 5.41) is 16.5. The minimum absolute atomic E-state index is 0.0938. The number of nitrogens with one attached hydrogen (secondary N) is 2. The zero-order valence-corrected chi connectivity index (χ0v) is 22.6. The number of benzene rings is 1. The number of hydrogen-bond donors (Lipinski definition) is 4. The van der Waals surface area contributed by atoms with E-state index in [1.54, 1.807) is 4.31 Å². The molecule has 1 saturated carbocycles. The van der Waals surface area contributed by atoms with Crippen LogP contribution in [0.5, 0.6) is 0 Å². The third-order valence-electron chi connectivity index (χ3n) is 7.47. The third-order valence-corrected chi connectivity index (χ3v) is 8.77. The van der Waals surface area contributed by atoms with E-state index in [1.807, 2.05) is 26.0 Å². The molecule has 2 heterocycles. The molecular formula is C26H38N6O4S. The summed E-state index contributed by atoms with van der Waals surface area (Å²) in [5.74, 6) is 0.573. The van der Waals surface area contributed by atoms with Gasteiger partial charge in [0.2, 0.25) is 10.0 Å². The Balaban J connectivity index is 1.54. The summed E-state index contributed by atoms with van der Waals surface area (Å²) in [6.45, 7) is 5.05. The number of carbonyl (C=O) groups is 1. The molecule has 37 heavy (non-hydrogen) atoms. The van der Waals surface area contributed by atoms with Crippen molar-refractivity contribution in [3.8, 4) is 0 Å². The molecule has 1 aliphatic heterocycles. The minimum Gasteiger partial charge on any atom is -0.393 e. The van der Waals surface area contributed by atoms with Gasteiger partial charge in [0.05, 0.1) is 18.1 Å². The Morgan fingerprint density at radius 2 is 1.78 bits per heavy atom. The van der Waals surface area contributed by atoms with Gasteiger partial charge >= 0.3 is 0 Å². The molecule has 5 N–H and O–H groups in total. The first-order valence-electron chi connectivity index (χ1n) is 13.0. The minimum atomic E-state index is -3.16. The zero-order valence-electron chi connectivity index (χ0n) is 21.8. The Kier molecular flexibility index (Phi) is 8.35. The highest BCUT2D eigenvalue weighted by atomic mass is 32.2. The van der Waals surface area contributed by atoms with E-state index in [4.69, 9.17) is 10.7 Å². The van der Waals surface area contributed by atoms with Crippen molar-refractivity contribution in [2.45, 2.75) is 76.9 Å². The number of nitrogens with two attached hydrogens (primary N) is 1. The molecule has 1 aliphatic carbocycles. The molecule has 11 heteroatoms. The number of sulfonamides is 1. The number of rotatable bonds is 8. The fraction of sp³-hybridized carbons (Fsp3) is 0.577. The lowest BCUT2D eigenvalue weighted by molar-refractivity contribution is 0.0995. The summed E-state index contributed by atoms with van der Waals surface area (Å²) >= 11 is 0. The van der Waals surface area contributed by atoms with Crippen molar-refractivity contribution < 1.29 is 18.3 Å². The molecule has 2 fully saturated rings. The van der Waals surface area contributed by atoms with Gasteiger partial charge in [0.1, 0.15) is 5.82 Å². The van der Waals surface area contributed by atoms with Crippen molar-refractivity contribution in [3.63, 3.8) is 0 Å². The number of aliphatic hydroxyl groups excluding tert-OH is 1. The molecule has 1 saturated heterocycles. The second-order valence-corrected chi connectivity index (χ2v) is 12.2. The molecule has 2 aromatic rings. The maximum absolute atomic E-state index is 12.2. The van der Waals surface area contributed by atoms with E-state index in [-0.39, 0.29) is 17.8 Å². The maximum atomic E-state index is 12.2. The van der Waals surface area contributed by atoms with E-state index < -0.39 is 15.9 Å². The first-order chi connectivity index (χ1) is 17.5. The van der Waals surface area contributed by atoms with Crippen LogP contribution in [0.4, 0.5) is 17.3 Å². The lowest BCUT2D eigenvalue weighted by Crippen LogP contribution is -2.37. The predicted molar refractivity (Wildman–Crippen MR) is 145 cm³/mol. The molecule has 0 bridgehead atoms. The molecular weight excluding hydrogens is 492 g/mol. The molecule has 10 nitrogen and oxygen atoms in total. The fourth-order valence-corrected chi connectivity index (χ4v) is 6.23. The first kappa shape index (κ1) is 27.3. The molecule has 1 aromatic heterocycles. The normalized spacial score (nSPS) is 21.5. The van der Waals surface area contributed by atoms with Crippen molar-refractivity contribution in [1.29, 1.82) is 0 Å². The highest BCUT2D eigenvalue weighted by Gasteiger charge is 2.27. The van der Waals surface area contributed by atoms with E-state index in [2.05, 4.69) is 21.7 Å². The van der Waals surface area contributed by atoms with E-state index >= 15 is 0 Å². The Hall–Kier alpha value is -2.76. The van der Waals surface area contributed by atoms with Crippen LogP contribution < -0.4 is 16.4 Å². The summed E-state index contributed by atoms with van der Waals surface area (Å²) in [7, 11) is -3.16. The number of aromatic nitrogens is 2. The number of piperidine rings is 1. The Bertz CT molecular complexity index is 1240. The zero-order chi connectivity index (χ0) is 26.7. The number of hydrogen-bond acceptors (Lipinski definition) is 8. The molecule has 0 atom stereocenters. The van der Waals surface area contributed by atoms with Crippen LogP contribution in [0.2, 0.25) is 0 Å². The predicted octanol–water partition coefficient (Wildman–Crippen LogP) is 3.04. The van der Waals surface area contributed by atoms with Gasteiger partial charge in [0.25, 0.3) is 5.91 Å². The summed E-state index contributed by atoms with van der Waals surface area (Å²) in [5.41, 5.74) is 9.48. The summed E-state index contributed by atoms with van der Waals surface area (Å²) in [6, 6.07) is 6.20. The van der Waals surface area contributed by atoms with Crippen LogP contribution in [0.25, 0.3) is 0 Å². The Morgan fingerprint density at radius 1 is 1.11 bits per heavy atom. The number of primary amides is 1. The summed E-state index contributed by atoms with van der Waals surface area (Å²) in [6.07, 6.45) is 6.35. The maximum Gasteiger partial charge on any atom is 0.271 e. The van der Waals surface area contributed by atoms with Crippen LogP contribution >= 0.6 is 0 Å². The van der Waals surface area contributed by atoms with Gasteiger partial charge in [-0.3, -0.25) is 4.79 Å². The monoisotopic (exact) mass is 530 g/mol. The van der Waals surface area contributed by atoms with Crippen molar-refractivity contribution in [3.05, 3.63) is 40.7 Å². The van der Waals surface area contributed by atoms with Crippen LogP contribution in [0, 0.1) is 6.92 Å². The molecule has 0 spiro atoms. The molecule has 4 rings (SSSR count). The average Bonchev–Trinajstić information content (AvgIpc) is 2.85. The smallest absolute Gasteiger partial charge is 0.271 e. The number of carbonyl (C=O) groups excluding carboxylic acids is 1. The molecule has 202 valence electrons. The SMILES string of the molecule is CCc1nc(C(N)=O)c(Nc2ccc(C3CCN(S(C)(=O)=O)CC3)c(C)c2)nc1N[C@H]1CC[C@H](O)CC1. The number of nitrogens with zero attached hydrogens (tertiary/aromatic N) is 3. The largest absolute Gasteiger partial charge is 0.393 e.